The van der Waals surface area contributed by atoms with Gasteiger partial charge in [0.2, 0.25) is 5.88 Å². The molecule has 1 heterocycles. The summed E-state index contributed by atoms with van der Waals surface area (Å²) in [6.45, 7) is 5.99. The van der Waals surface area contributed by atoms with Crippen molar-refractivity contribution >= 4 is 34.1 Å². The highest BCUT2D eigenvalue weighted by Crippen LogP contribution is 2.38. The molecule has 0 aliphatic carbocycles. The molecular formula is C20H20ClN3O3. The highest BCUT2D eigenvalue weighted by atomic mass is 35.5. The van der Waals surface area contributed by atoms with Crippen LogP contribution >= 0.6 is 11.6 Å². The second-order valence-corrected chi connectivity index (χ2v) is 6.57. The zero-order valence-electron chi connectivity index (χ0n) is 15.4. The summed E-state index contributed by atoms with van der Waals surface area (Å²) in [6, 6.07) is 11.0. The number of halogens is 1. The topological polar surface area (TPSA) is 76.2 Å². The van der Waals surface area contributed by atoms with E-state index in [9.17, 15) is 9.90 Å². The van der Waals surface area contributed by atoms with E-state index in [0.717, 1.165) is 22.0 Å². The average molecular weight is 386 g/mol. The Morgan fingerprint density at radius 3 is 2.56 bits per heavy atom. The smallest absolute Gasteiger partial charge is 0.302 e. The lowest BCUT2D eigenvalue weighted by molar-refractivity contribution is -0.120. The van der Waals surface area contributed by atoms with Gasteiger partial charge in [0.15, 0.2) is 12.3 Å². The fourth-order valence-corrected chi connectivity index (χ4v) is 3.07. The van der Waals surface area contributed by atoms with Gasteiger partial charge in [-0.3, -0.25) is 4.79 Å². The van der Waals surface area contributed by atoms with E-state index in [1.165, 1.54) is 0 Å². The standard InChI is InChI=1S/C20H20ClN3O3/c1-4-24-16-8-6-5-7-15(16)19(20(24)26)23-22-17(25)11-27-14-9-12(2)18(21)13(3)10-14/h5-10,26H,4,11H2,1-3H3. The van der Waals surface area contributed by atoms with Crippen molar-refractivity contribution in [2.24, 2.45) is 10.2 Å². The summed E-state index contributed by atoms with van der Waals surface area (Å²) in [5.41, 5.74) is 2.86. The molecule has 1 N–H and O–H groups in total. The molecule has 0 fully saturated rings. The maximum Gasteiger partial charge on any atom is 0.302 e. The van der Waals surface area contributed by atoms with E-state index in [0.29, 0.717) is 17.3 Å². The van der Waals surface area contributed by atoms with Crippen molar-refractivity contribution in [2.75, 3.05) is 6.61 Å². The summed E-state index contributed by atoms with van der Waals surface area (Å²) in [7, 11) is 0. The zero-order valence-corrected chi connectivity index (χ0v) is 16.1. The number of amides is 1. The summed E-state index contributed by atoms with van der Waals surface area (Å²) in [6.07, 6.45) is 0. The summed E-state index contributed by atoms with van der Waals surface area (Å²) < 4.78 is 7.20. The Kier molecular flexibility index (Phi) is 5.46. The van der Waals surface area contributed by atoms with Crippen molar-refractivity contribution in [1.29, 1.82) is 0 Å². The number of fused-ring (bicyclic) bond motifs is 1. The SMILES string of the molecule is CCn1c(O)c(N=NC(=O)COc2cc(C)c(Cl)c(C)c2)c2ccccc21. The van der Waals surface area contributed by atoms with E-state index in [-0.39, 0.29) is 18.2 Å². The lowest BCUT2D eigenvalue weighted by Gasteiger charge is -2.08. The summed E-state index contributed by atoms with van der Waals surface area (Å²) in [5.74, 6) is -0.0171. The van der Waals surface area contributed by atoms with Crippen LogP contribution in [0.15, 0.2) is 46.6 Å². The monoisotopic (exact) mass is 385 g/mol. The fraction of sp³-hybridized carbons (Fsp3) is 0.250. The van der Waals surface area contributed by atoms with E-state index in [1.807, 2.05) is 45.0 Å². The van der Waals surface area contributed by atoms with Crippen molar-refractivity contribution in [3.8, 4) is 11.6 Å². The number of carbonyl (C=O) groups is 1. The molecule has 0 saturated carbocycles. The number of carbonyl (C=O) groups excluding carboxylic acids is 1. The number of nitrogens with zero attached hydrogens (tertiary/aromatic N) is 3. The van der Waals surface area contributed by atoms with E-state index in [1.54, 1.807) is 16.7 Å². The molecule has 0 aliphatic heterocycles. The predicted molar refractivity (Wildman–Crippen MR) is 105 cm³/mol. The van der Waals surface area contributed by atoms with Gasteiger partial charge < -0.3 is 14.4 Å². The van der Waals surface area contributed by atoms with Gasteiger partial charge in [0.1, 0.15) is 5.75 Å². The third-order valence-corrected chi connectivity index (χ3v) is 4.86. The van der Waals surface area contributed by atoms with Crippen molar-refractivity contribution in [1.82, 2.24) is 4.57 Å². The van der Waals surface area contributed by atoms with Crippen LogP contribution in [0.1, 0.15) is 18.1 Å². The average Bonchev–Trinajstić information content (AvgIpc) is 2.93. The molecule has 0 unspecified atom stereocenters. The number of ether oxygens (including phenoxy) is 1. The molecule has 0 bridgehead atoms. The molecule has 0 aliphatic rings. The van der Waals surface area contributed by atoms with Crippen molar-refractivity contribution in [3.05, 3.63) is 52.5 Å². The molecule has 3 rings (SSSR count). The van der Waals surface area contributed by atoms with Crippen LogP contribution in [0.3, 0.4) is 0 Å². The molecule has 1 aromatic heterocycles. The van der Waals surface area contributed by atoms with Gasteiger partial charge >= 0.3 is 5.91 Å². The molecule has 1 amide bonds. The maximum absolute atomic E-state index is 12.1. The summed E-state index contributed by atoms with van der Waals surface area (Å²) in [4.78, 5) is 12.1. The first kappa shape index (κ1) is 18.9. The first-order valence-corrected chi connectivity index (χ1v) is 8.94. The number of aryl methyl sites for hydroxylation is 3. The second-order valence-electron chi connectivity index (χ2n) is 6.19. The molecule has 2 aromatic carbocycles. The number of benzene rings is 2. The number of hydrogen-bond donors (Lipinski definition) is 1. The lowest BCUT2D eigenvalue weighted by atomic mass is 10.1. The Labute approximate surface area is 162 Å². The van der Waals surface area contributed by atoms with Gasteiger partial charge in [-0.05, 0) is 50.1 Å². The van der Waals surface area contributed by atoms with Crippen molar-refractivity contribution < 1.29 is 14.6 Å². The van der Waals surface area contributed by atoms with Crippen molar-refractivity contribution in [2.45, 2.75) is 27.3 Å². The van der Waals surface area contributed by atoms with E-state index in [2.05, 4.69) is 10.2 Å². The fourth-order valence-electron chi connectivity index (χ4n) is 2.96. The van der Waals surface area contributed by atoms with Crippen LogP contribution in [0, 0.1) is 13.8 Å². The maximum atomic E-state index is 12.1. The Bertz CT molecular complexity index is 1020. The van der Waals surface area contributed by atoms with Gasteiger partial charge in [0.25, 0.3) is 0 Å². The minimum absolute atomic E-state index is 0.0138. The molecular weight excluding hydrogens is 366 g/mol. The van der Waals surface area contributed by atoms with Gasteiger partial charge in [0, 0.05) is 17.0 Å². The molecule has 140 valence electrons. The highest BCUT2D eigenvalue weighted by Gasteiger charge is 2.15. The van der Waals surface area contributed by atoms with Crippen LogP contribution in [0.5, 0.6) is 11.6 Å². The van der Waals surface area contributed by atoms with E-state index < -0.39 is 5.91 Å². The highest BCUT2D eigenvalue weighted by molar-refractivity contribution is 6.32. The van der Waals surface area contributed by atoms with Crippen LogP contribution in [0.25, 0.3) is 10.9 Å². The quantitative estimate of drug-likeness (QED) is 0.603. The first-order chi connectivity index (χ1) is 12.9. The molecule has 3 aromatic rings. The van der Waals surface area contributed by atoms with Gasteiger partial charge in [-0.25, -0.2) is 0 Å². The van der Waals surface area contributed by atoms with Gasteiger partial charge in [-0.2, -0.15) is 0 Å². The van der Waals surface area contributed by atoms with Crippen LogP contribution in [-0.2, 0) is 11.3 Å². The molecule has 6 nitrogen and oxygen atoms in total. The second kappa shape index (κ2) is 7.80. The van der Waals surface area contributed by atoms with E-state index in [4.69, 9.17) is 16.3 Å². The number of hydrogen-bond acceptors (Lipinski definition) is 4. The minimum atomic E-state index is -0.548. The minimum Gasteiger partial charge on any atom is -0.493 e. The largest absolute Gasteiger partial charge is 0.493 e. The number of para-hydroxylation sites is 1. The van der Waals surface area contributed by atoms with Gasteiger partial charge in [-0.15, -0.1) is 10.2 Å². The predicted octanol–water partition coefficient (Wildman–Crippen LogP) is 5.33. The Morgan fingerprint density at radius 1 is 1.22 bits per heavy atom. The first-order valence-electron chi connectivity index (χ1n) is 8.56. The number of aromatic hydroxyl groups is 1. The molecule has 0 saturated heterocycles. The van der Waals surface area contributed by atoms with Gasteiger partial charge in [0.05, 0.1) is 5.52 Å². The Hall–Kier alpha value is -2.86. The van der Waals surface area contributed by atoms with Crippen LogP contribution < -0.4 is 4.74 Å². The van der Waals surface area contributed by atoms with Crippen LogP contribution in [-0.4, -0.2) is 22.2 Å². The molecule has 0 spiro atoms. The van der Waals surface area contributed by atoms with Crippen LogP contribution in [0.2, 0.25) is 5.02 Å². The number of azo groups is 1. The molecule has 27 heavy (non-hydrogen) atoms. The Balaban J connectivity index is 1.76. The Morgan fingerprint density at radius 2 is 1.89 bits per heavy atom. The summed E-state index contributed by atoms with van der Waals surface area (Å²) >= 11 is 6.12. The number of rotatable bonds is 5. The van der Waals surface area contributed by atoms with Gasteiger partial charge in [-0.1, -0.05) is 29.8 Å². The van der Waals surface area contributed by atoms with Crippen molar-refractivity contribution in [3.63, 3.8) is 0 Å². The molecule has 7 heteroatoms. The third-order valence-electron chi connectivity index (χ3n) is 4.27. The zero-order chi connectivity index (χ0) is 19.6. The lowest BCUT2D eigenvalue weighted by Crippen LogP contribution is -2.08. The molecule has 0 atom stereocenters. The third kappa shape index (κ3) is 3.80. The van der Waals surface area contributed by atoms with E-state index >= 15 is 0 Å². The normalized spacial score (nSPS) is 11.4. The van der Waals surface area contributed by atoms with Crippen LogP contribution in [0.4, 0.5) is 5.69 Å². The molecule has 0 radical (unpaired) electrons. The number of aromatic nitrogens is 1. The summed E-state index contributed by atoms with van der Waals surface area (Å²) in [5, 5.41) is 19.4.